The smallest absolute Gasteiger partial charge is 0.328 e. The van der Waals surface area contributed by atoms with Gasteiger partial charge in [-0.1, -0.05) is 30.3 Å². The Morgan fingerprint density at radius 3 is 2.35 bits per heavy atom. The van der Waals surface area contributed by atoms with E-state index >= 15 is 0 Å². The van der Waals surface area contributed by atoms with E-state index in [0.29, 0.717) is 0 Å². The summed E-state index contributed by atoms with van der Waals surface area (Å²) in [4.78, 5) is 37.0. The van der Waals surface area contributed by atoms with Gasteiger partial charge in [0.25, 0.3) is 0 Å². The van der Waals surface area contributed by atoms with Gasteiger partial charge in [-0.25, -0.2) is 4.79 Å². The first-order valence-corrected chi connectivity index (χ1v) is 8.75. The van der Waals surface area contributed by atoms with Crippen LogP contribution in [0.15, 0.2) is 30.3 Å². The van der Waals surface area contributed by atoms with Gasteiger partial charge in [0.15, 0.2) is 0 Å². The minimum atomic E-state index is -1.58. The molecular weight excluding hydrogens is 364 g/mol. The van der Waals surface area contributed by atoms with E-state index in [0.717, 1.165) is 10.5 Å². The second-order valence-corrected chi connectivity index (χ2v) is 8.62. The van der Waals surface area contributed by atoms with Crippen LogP contribution in [0.5, 0.6) is 0 Å². The molecule has 2 fully saturated rings. The summed E-state index contributed by atoms with van der Waals surface area (Å²) in [6.45, 7) is 3.13. The fourth-order valence-corrected chi connectivity index (χ4v) is 5.22. The normalized spacial score (nSPS) is 28.1. The lowest BCUT2D eigenvalue weighted by molar-refractivity contribution is -0.161. The minimum absolute atomic E-state index is 0. The zero-order chi connectivity index (χ0) is 17.6. The fourth-order valence-electron chi connectivity index (χ4n) is 3.30. The van der Waals surface area contributed by atoms with Crippen LogP contribution in [0.25, 0.3) is 0 Å². The standard InChI is InChI=1S/C16H18N2O5S.2H2O/c1-16(2)12(15(21)22)18-13(20)11(14(18)24(16)23)17-10(19)8-9-6-4-3-5-7-9;;/h3-7,11-12,14H,8H2,1-2H3,(H,17,19)(H,21,22);2*1H2. The maximum atomic E-state index is 12.6. The molecule has 0 spiro atoms. The number of carbonyl (C=O) groups excluding carboxylic acids is 2. The van der Waals surface area contributed by atoms with E-state index in [-0.39, 0.29) is 23.3 Å². The molecular formula is C16H22N2O7S. The van der Waals surface area contributed by atoms with Gasteiger partial charge >= 0.3 is 5.97 Å². The fraction of sp³-hybridized carbons (Fsp3) is 0.438. The van der Waals surface area contributed by atoms with Gasteiger partial charge in [-0.05, 0) is 19.4 Å². The summed E-state index contributed by atoms with van der Waals surface area (Å²) in [5.41, 5.74) is 0.801. The molecule has 0 aromatic heterocycles. The number of carbonyl (C=O) groups is 3. The Morgan fingerprint density at radius 1 is 1.23 bits per heavy atom. The zero-order valence-corrected chi connectivity index (χ0v) is 15.1. The lowest BCUT2D eigenvalue weighted by Gasteiger charge is -2.43. The second-order valence-electron chi connectivity index (χ2n) is 6.49. The van der Waals surface area contributed by atoms with Crippen LogP contribution in [0.2, 0.25) is 0 Å². The van der Waals surface area contributed by atoms with Gasteiger partial charge in [-0.15, -0.1) is 0 Å². The molecule has 144 valence electrons. The number of amides is 2. The van der Waals surface area contributed by atoms with Crippen molar-refractivity contribution in [3.63, 3.8) is 0 Å². The average Bonchev–Trinajstić information content (AvgIpc) is 2.71. The Hall–Kier alpha value is -2.30. The van der Waals surface area contributed by atoms with Gasteiger partial charge in [0, 0.05) is 0 Å². The molecule has 2 aliphatic heterocycles. The highest BCUT2D eigenvalue weighted by atomic mass is 32.2. The molecule has 2 heterocycles. The Kier molecular flexibility index (Phi) is 6.29. The lowest BCUT2D eigenvalue weighted by atomic mass is 9.96. The van der Waals surface area contributed by atoms with Gasteiger partial charge < -0.3 is 26.3 Å². The monoisotopic (exact) mass is 386 g/mol. The van der Waals surface area contributed by atoms with Crippen molar-refractivity contribution in [3.05, 3.63) is 35.9 Å². The first-order valence-electron chi connectivity index (χ1n) is 7.54. The topological polar surface area (TPSA) is 167 Å². The second kappa shape index (κ2) is 7.52. The molecule has 4 atom stereocenters. The van der Waals surface area contributed by atoms with E-state index in [1.165, 1.54) is 0 Å². The number of benzene rings is 1. The van der Waals surface area contributed by atoms with Crippen LogP contribution in [-0.2, 0) is 31.6 Å². The van der Waals surface area contributed by atoms with Crippen molar-refractivity contribution in [2.45, 2.75) is 42.5 Å². The number of carboxylic acids is 1. The number of hydrogen-bond acceptors (Lipinski definition) is 4. The Bertz CT molecular complexity index is 737. The average molecular weight is 386 g/mol. The summed E-state index contributed by atoms with van der Waals surface area (Å²) in [5, 5.41) is 11.2. The highest BCUT2D eigenvalue weighted by molar-refractivity contribution is 7.87. The molecule has 2 aliphatic rings. The molecule has 9 nitrogen and oxygen atoms in total. The molecule has 1 aromatic rings. The predicted octanol–water partition coefficient (Wildman–Crippen LogP) is -1.77. The van der Waals surface area contributed by atoms with Crippen molar-refractivity contribution < 1.29 is 34.7 Å². The summed E-state index contributed by atoms with van der Waals surface area (Å²) in [6, 6.07) is 6.99. The minimum Gasteiger partial charge on any atom is -0.480 e. The third kappa shape index (κ3) is 3.22. The molecule has 6 N–H and O–H groups in total. The highest BCUT2D eigenvalue weighted by Crippen LogP contribution is 2.43. The van der Waals surface area contributed by atoms with E-state index in [9.17, 15) is 23.7 Å². The van der Waals surface area contributed by atoms with E-state index in [4.69, 9.17) is 0 Å². The SMILES string of the molecule is CC1(C)C(C(=O)O)N2C(=O)C(NC(=O)Cc3ccccc3)C2S1=O.O.O. The number of carboxylic acid groups (broad SMARTS) is 1. The van der Waals surface area contributed by atoms with Crippen LogP contribution in [0.3, 0.4) is 0 Å². The predicted molar refractivity (Wildman–Crippen MR) is 93.6 cm³/mol. The summed E-state index contributed by atoms with van der Waals surface area (Å²) < 4.78 is 11.5. The molecule has 3 rings (SSSR count). The first kappa shape index (κ1) is 21.7. The maximum absolute atomic E-state index is 12.6. The largest absolute Gasteiger partial charge is 0.480 e. The number of aliphatic carboxylic acids is 1. The molecule has 2 amide bonds. The van der Waals surface area contributed by atoms with Crippen LogP contribution in [-0.4, -0.2) is 65.2 Å². The molecule has 0 saturated carbocycles. The number of nitrogens with one attached hydrogen (secondary N) is 1. The van der Waals surface area contributed by atoms with Crippen molar-refractivity contribution in [2.24, 2.45) is 0 Å². The Balaban J connectivity index is 0.00000169. The summed E-state index contributed by atoms with van der Waals surface area (Å²) in [6.07, 6.45) is 0.107. The molecule has 26 heavy (non-hydrogen) atoms. The van der Waals surface area contributed by atoms with Crippen LogP contribution in [0, 0.1) is 0 Å². The zero-order valence-electron chi connectivity index (χ0n) is 14.3. The molecule has 10 heteroatoms. The molecule has 0 radical (unpaired) electrons. The van der Waals surface area contributed by atoms with Gasteiger partial charge in [-0.3, -0.25) is 13.8 Å². The first-order chi connectivity index (χ1) is 11.2. The van der Waals surface area contributed by atoms with Crippen LogP contribution in [0.1, 0.15) is 19.4 Å². The number of β-lactam (4-membered cyclic amide) rings is 1. The Morgan fingerprint density at radius 2 is 1.81 bits per heavy atom. The van der Waals surface area contributed by atoms with Crippen LogP contribution < -0.4 is 5.32 Å². The van der Waals surface area contributed by atoms with Crippen molar-refractivity contribution in [3.8, 4) is 0 Å². The highest BCUT2D eigenvalue weighted by Gasteiger charge is 2.68. The maximum Gasteiger partial charge on any atom is 0.328 e. The van der Waals surface area contributed by atoms with E-state index < -0.39 is 44.9 Å². The van der Waals surface area contributed by atoms with Crippen molar-refractivity contribution in [2.75, 3.05) is 0 Å². The summed E-state index contributed by atoms with van der Waals surface area (Å²) in [5.74, 6) is -2.03. The Labute approximate surface area is 152 Å². The quantitative estimate of drug-likeness (QED) is 0.583. The molecule has 4 unspecified atom stereocenters. The number of hydrogen-bond donors (Lipinski definition) is 2. The molecule has 0 bridgehead atoms. The van der Waals surface area contributed by atoms with E-state index in [2.05, 4.69) is 5.32 Å². The summed E-state index contributed by atoms with van der Waals surface area (Å²) >= 11 is 0. The van der Waals surface area contributed by atoms with Crippen LogP contribution in [0.4, 0.5) is 0 Å². The third-order valence-corrected chi connectivity index (χ3v) is 6.71. The van der Waals surface area contributed by atoms with Gasteiger partial charge in [0.05, 0.1) is 22.0 Å². The lowest BCUT2D eigenvalue weighted by Crippen LogP contribution is -2.71. The van der Waals surface area contributed by atoms with Gasteiger partial charge in [0.2, 0.25) is 11.8 Å². The number of fused-ring (bicyclic) bond motifs is 1. The number of nitrogens with zero attached hydrogens (tertiary/aromatic N) is 1. The van der Waals surface area contributed by atoms with Gasteiger partial charge in [0.1, 0.15) is 17.5 Å². The van der Waals surface area contributed by atoms with Crippen LogP contribution >= 0.6 is 0 Å². The number of rotatable bonds is 4. The summed E-state index contributed by atoms with van der Waals surface area (Å²) in [7, 11) is -1.58. The third-order valence-electron chi connectivity index (χ3n) is 4.51. The van der Waals surface area contributed by atoms with Crippen molar-refractivity contribution in [1.29, 1.82) is 0 Å². The van der Waals surface area contributed by atoms with Crippen molar-refractivity contribution >= 4 is 28.6 Å². The molecule has 1 aromatic carbocycles. The van der Waals surface area contributed by atoms with E-state index in [1.807, 2.05) is 18.2 Å². The molecule has 2 saturated heterocycles. The van der Waals surface area contributed by atoms with E-state index in [1.54, 1.807) is 26.0 Å². The van der Waals surface area contributed by atoms with Crippen molar-refractivity contribution in [1.82, 2.24) is 10.2 Å². The molecule has 0 aliphatic carbocycles. The van der Waals surface area contributed by atoms with Gasteiger partial charge in [-0.2, -0.15) is 0 Å².